The molecule has 0 spiro atoms. The summed E-state index contributed by atoms with van der Waals surface area (Å²) < 4.78 is 13.6. The quantitative estimate of drug-likeness (QED) is 0.902. The number of aromatic amines is 1. The van der Waals surface area contributed by atoms with Crippen LogP contribution in [0.5, 0.6) is 0 Å². The van der Waals surface area contributed by atoms with E-state index in [2.05, 4.69) is 9.97 Å². The van der Waals surface area contributed by atoms with Crippen molar-refractivity contribution in [2.75, 3.05) is 0 Å². The number of hydrogen-bond acceptors (Lipinski definition) is 2. The molecule has 3 nitrogen and oxygen atoms in total. The zero-order chi connectivity index (χ0) is 14.0. The van der Waals surface area contributed by atoms with Crippen molar-refractivity contribution in [1.29, 1.82) is 0 Å². The molecular weight excluding hydrogens is 243 g/mol. The van der Waals surface area contributed by atoms with Crippen LogP contribution in [-0.2, 0) is 11.8 Å². The van der Waals surface area contributed by atoms with Gasteiger partial charge in [0.25, 0.3) is 5.56 Å². The fourth-order valence-electron chi connectivity index (χ4n) is 1.80. The Morgan fingerprint density at radius 3 is 2.58 bits per heavy atom. The molecule has 100 valence electrons. The lowest BCUT2D eigenvalue weighted by Crippen LogP contribution is -2.21. The molecular formula is C15H17FN2O. The molecule has 0 saturated heterocycles. The normalized spacial score (nSPS) is 11.6. The van der Waals surface area contributed by atoms with Crippen LogP contribution in [0.3, 0.4) is 0 Å². The molecule has 2 rings (SSSR count). The monoisotopic (exact) mass is 260 g/mol. The topological polar surface area (TPSA) is 45.8 Å². The van der Waals surface area contributed by atoms with E-state index in [1.54, 1.807) is 18.2 Å². The predicted octanol–water partition coefficient (Wildman–Crippen LogP) is 2.80. The van der Waals surface area contributed by atoms with E-state index in [9.17, 15) is 9.18 Å². The van der Waals surface area contributed by atoms with Gasteiger partial charge in [0.15, 0.2) is 0 Å². The molecule has 0 aliphatic carbocycles. The Bertz CT molecular complexity index is 641. The van der Waals surface area contributed by atoms with Crippen LogP contribution < -0.4 is 5.56 Å². The number of aromatic nitrogens is 2. The second-order valence-corrected chi connectivity index (χ2v) is 5.60. The standard InChI is InChI=1S/C15H17FN2O/c1-15(2,3)12-9-14(19)18-13(17-12)8-10-6-4-5-7-11(10)16/h4-7,9H,8H2,1-3H3,(H,17,18,19). The highest BCUT2D eigenvalue weighted by molar-refractivity contribution is 5.22. The van der Waals surface area contributed by atoms with Crippen LogP contribution in [0.25, 0.3) is 0 Å². The lowest BCUT2D eigenvalue weighted by Gasteiger charge is -2.17. The molecule has 0 atom stereocenters. The molecule has 1 aromatic carbocycles. The molecule has 0 saturated carbocycles. The number of rotatable bonds is 2. The molecule has 1 N–H and O–H groups in total. The smallest absolute Gasteiger partial charge is 0.251 e. The molecule has 0 amide bonds. The minimum absolute atomic E-state index is 0.203. The van der Waals surface area contributed by atoms with E-state index in [4.69, 9.17) is 0 Å². The lowest BCUT2D eigenvalue weighted by atomic mass is 9.92. The van der Waals surface area contributed by atoms with Gasteiger partial charge in [-0.3, -0.25) is 4.79 Å². The van der Waals surface area contributed by atoms with Gasteiger partial charge >= 0.3 is 0 Å². The number of halogens is 1. The van der Waals surface area contributed by atoms with Crippen molar-refractivity contribution < 1.29 is 4.39 Å². The summed E-state index contributed by atoms with van der Waals surface area (Å²) in [6.07, 6.45) is 0.284. The molecule has 19 heavy (non-hydrogen) atoms. The second kappa shape index (κ2) is 4.96. The third-order valence-corrected chi connectivity index (χ3v) is 2.87. The highest BCUT2D eigenvalue weighted by atomic mass is 19.1. The van der Waals surface area contributed by atoms with Gasteiger partial charge in [-0.2, -0.15) is 0 Å². The zero-order valence-electron chi connectivity index (χ0n) is 11.3. The average molecular weight is 260 g/mol. The van der Waals surface area contributed by atoms with E-state index < -0.39 is 0 Å². The van der Waals surface area contributed by atoms with Gasteiger partial charge in [-0.25, -0.2) is 9.37 Å². The zero-order valence-corrected chi connectivity index (χ0v) is 11.3. The third kappa shape index (κ3) is 3.28. The minimum atomic E-state index is -0.286. The van der Waals surface area contributed by atoms with E-state index in [0.717, 1.165) is 0 Å². The number of hydrogen-bond donors (Lipinski definition) is 1. The van der Waals surface area contributed by atoms with E-state index in [0.29, 0.717) is 17.1 Å². The van der Waals surface area contributed by atoms with Crippen LogP contribution in [0, 0.1) is 5.82 Å². The number of nitrogens with one attached hydrogen (secondary N) is 1. The van der Waals surface area contributed by atoms with Crippen molar-refractivity contribution in [2.24, 2.45) is 0 Å². The molecule has 0 aliphatic heterocycles. The molecule has 0 radical (unpaired) electrons. The highest BCUT2D eigenvalue weighted by Gasteiger charge is 2.17. The first-order chi connectivity index (χ1) is 8.86. The maximum Gasteiger partial charge on any atom is 0.251 e. The second-order valence-electron chi connectivity index (χ2n) is 5.60. The Morgan fingerprint density at radius 1 is 1.26 bits per heavy atom. The number of benzene rings is 1. The summed E-state index contributed by atoms with van der Waals surface area (Å²) in [6.45, 7) is 5.96. The van der Waals surface area contributed by atoms with E-state index >= 15 is 0 Å². The first kappa shape index (κ1) is 13.5. The summed E-state index contributed by atoms with van der Waals surface area (Å²) in [6, 6.07) is 8.00. The SMILES string of the molecule is CC(C)(C)c1cc(=O)[nH]c(Cc2ccccc2F)n1. The first-order valence-electron chi connectivity index (χ1n) is 6.20. The van der Waals surface area contributed by atoms with Crippen LogP contribution in [0.1, 0.15) is 37.9 Å². The first-order valence-corrected chi connectivity index (χ1v) is 6.20. The van der Waals surface area contributed by atoms with Crippen molar-refractivity contribution in [3.63, 3.8) is 0 Å². The van der Waals surface area contributed by atoms with Crippen LogP contribution in [0.4, 0.5) is 4.39 Å². The molecule has 0 aliphatic rings. The van der Waals surface area contributed by atoms with Gasteiger partial charge in [0, 0.05) is 17.9 Å². The Hall–Kier alpha value is -1.97. The van der Waals surface area contributed by atoms with Gasteiger partial charge in [0.1, 0.15) is 11.6 Å². The van der Waals surface area contributed by atoms with Gasteiger partial charge < -0.3 is 4.98 Å². The predicted molar refractivity (Wildman–Crippen MR) is 72.8 cm³/mol. The number of H-pyrrole nitrogens is 1. The summed E-state index contributed by atoms with van der Waals surface area (Å²) in [5.74, 6) is 0.203. The molecule has 0 fully saturated rings. The van der Waals surface area contributed by atoms with Gasteiger partial charge in [0.2, 0.25) is 0 Å². The molecule has 0 bridgehead atoms. The van der Waals surface area contributed by atoms with Crippen molar-refractivity contribution >= 4 is 0 Å². The number of nitrogens with zero attached hydrogens (tertiary/aromatic N) is 1. The largest absolute Gasteiger partial charge is 0.310 e. The van der Waals surface area contributed by atoms with E-state index in [1.807, 2.05) is 20.8 Å². The van der Waals surface area contributed by atoms with Crippen LogP contribution in [0.15, 0.2) is 35.1 Å². The Kier molecular flexibility index (Phi) is 3.51. The third-order valence-electron chi connectivity index (χ3n) is 2.87. The van der Waals surface area contributed by atoms with Gasteiger partial charge in [-0.1, -0.05) is 39.0 Å². The maximum absolute atomic E-state index is 13.6. The summed E-state index contributed by atoms with van der Waals surface area (Å²) >= 11 is 0. The maximum atomic E-state index is 13.6. The summed E-state index contributed by atoms with van der Waals surface area (Å²) in [5.41, 5.74) is 0.823. The van der Waals surface area contributed by atoms with Crippen LogP contribution >= 0.6 is 0 Å². The fourth-order valence-corrected chi connectivity index (χ4v) is 1.80. The van der Waals surface area contributed by atoms with Crippen molar-refractivity contribution in [2.45, 2.75) is 32.6 Å². The fraction of sp³-hybridized carbons (Fsp3) is 0.333. The summed E-state index contributed by atoms with van der Waals surface area (Å²) in [5, 5.41) is 0. The molecule has 1 aromatic heterocycles. The highest BCUT2D eigenvalue weighted by Crippen LogP contribution is 2.19. The molecule has 2 aromatic rings. The minimum Gasteiger partial charge on any atom is -0.310 e. The average Bonchev–Trinajstić information content (AvgIpc) is 2.30. The molecule has 4 heteroatoms. The van der Waals surface area contributed by atoms with Gasteiger partial charge in [-0.05, 0) is 11.6 Å². The van der Waals surface area contributed by atoms with Crippen LogP contribution in [-0.4, -0.2) is 9.97 Å². The van der Waals surface area contributed by atoms with Crippen molar-refractivity contribution in [3.05, 3.63) is 63.6 Å². The summed E-state index contributed by atoms with van der Waals surface area (Å²) in [4.78, 5) is 18.7. The lowest BCUT2D eigenvalue weighted by molar-refractivity contribution is 0.560. The Morgan fingerprint density at radius 2 is 1.95 bits per heavy atom. The van der Waals surface area contributed by atoms with Crippen molar-refractivity contribution in [3.8, 4) is 0 Å². The van der Waals surface area contributed by atoms with E-state index in [-0.39, 0.29) is 23.2 Å². The Labute approximate surface area is 111 Å². The van der Waals surface area contributed by atoms with E-state index in [1.165, 1.54) is 12.1 Å². The van der Waals surface area contributed by atoms with Gasteiger partial charge in [-0.15, -0.1) is 0 Å². The van der Waals surface area contributed by atoms with Crippen LogP contribution in [0.2, 0.25) is 0 Å². The summed E-state index contributed by atoms with van der Waals surface area (Å²) in [7, 11) is 0. The molecule has 1 heterocycles. The van der Waals surface area contributed by atoms with Crippen molar-refractivity contribution in [1.82, 2.24) is 9.97 Å². The van der Waals surface area contributed by atoms with Gasteiger partial charge in [0.05, 0.1) is 5.69 Å². The molecule has 0 unspecified atom stereocenters. The Balaban J connectivity index is 2.39.